The van der Waals surface area contributed by atoms with Gasteiger partial charge in [-0.1, -0.05) is 0 Å². The first kappa shape index (κ1) is 20.2. The zero-order valence-electron chi connectivity index (χ0n) is 15.1. The Kier molecular flexibility index (Phi) is 6.53. The Hall–Kier alpha value is -1.09. The number of pyridine rings is 1. The Bertz CT molecular complexity index is 673. The lowest BCUT2D eigenvalue weighted by Crippen LogP contribution is -2.45. The van der Waals surface area contributed by atoms with Crippen molar-refractivity contribution in [2.45, 2.75) is 44.8 Å². The second-order valence-electron chi connectivity index (χ2n) is 7.53. The second kappa shape index (κ2) is 8.07. The fraction of sp³-hybridized carbons (Fsp3) is 0.706. The smallest absolute Gasteiger partial charge is 0.211 e. The largest absolute Gasteiger partial charge is 0.387 e. The number of nitrogens with zero attached hydrogens (tertiary/aromatic N) is 2. The van der Waals surface area contributed by atoms with E-state index in [1.807, 2.05) is 0 Å². The Balaban J connectivity index is 1.82. The molecule has 0 unspecified atom stereocenters. The van der Waals surface area contributed by atoms with E-state index in [0.717, 1.165) is 25.5 Å². The Morgan fingerprint density at radius 2 is 2.04 bits per heavy atom. The standard InChI is InChI=1S/C17H28FN3O3S/c1-17(2,9-13-4-6-21(7-5-13)25(3,23)24)20-12-16(22)14-8-15(18)11-19-10-14/h8,10-11,13,16,20,22H,4-7,9,12H2,1-3H3/t16-/m0/s1. The summed E-state index contributed by atoms with van der Waals surface area (Å²) < 4.78 is 37.9. The van der Waals surface area contributed by atoms with Crippen molar-refractivity contribution < 1.29 is 17.9 Å². The molecule has 2 heterocycles. The molecule has 1 aromatic heterocycles. The normalized spacial score (nSPS) is 19.1. The van der Waals surface area contributed by atoms with Crippen LogP contribution in [0.1, 0.15) is 44.8 Å². The number of nitrogens with one attached hydrogen (secondary N) is 1. The number of halogens is 1. The van der Waals surface area contributed by atoms with Crippen LogP contribution in [0.15, 0.2) is 18.5 Å². The fourth-order valence-electron chi connectivity index (χ4n) is 3.34. The van der Waals surface area contributed by atoms with Gasteiger partial charge in [0.25, 0.3) is 0 Å². The van der Waals surface area contributed by atoms with Gasteiger partial charge in [0.2, 0.25) is 10.0 Å². The molecule has 142 valence electrons. The minimum atomic E-state index is -3.10. The molecule has 0 saturated carbocycles. The molecule has 1 saturated heterocycles. The van der Waals surface area contributed by atoms with Crippen LogP contribution < -0.4 is 5.32 Å². The third-order valence-electron chi connectivity index (χ3n) is 4.73. The summed E-state index contributed by atoms with van der Waals surface area (Å²) in [5.74, 6) is -0.0260. The lowest BCUT2D eigenvalue weighted by Gasteiger charge is -2.36. The van der Waals surface area contributed by atoms with Gasteiger partial charge in [0.1, 0.15) is 5.82 Å². The average Bonchev–Trinajstić information content (AvgIpc) is 2.52. The van der Waals surface area contributed by atoms with Gasteiger partial charge < -0.3 is 10.4 Å². The van der Waals surface area contributed by atoms with Crippen molar-refractivity contribution in [3.05, 3.63) is 29.8 Å². The predicted octanol–water partition coefficient (Wildman–Crippen LogP) is 1.68. The van der Waals surface area contributed by atoms with Crippen LogP contribution in [0.25, 0.3) is 0 Å². The molecule has 1 aliphatic rings. The zero-order chi connectivity index (χ0) is 18.7. The zero-order valence-corrected chi connectivity index (χ0v) is 15.9. The molecule has 6 nitrogen and oxygen atoms in total. The number of aliphatic hydroxyl groups excluding tert-OH is 1. The molecular formula is C17H28FN3O3S. The van der Waals surface area contributed by atoms with E-state index in [1.165, 1.54) is 22.8 Å². The number of hydrogen-bond donors (Lipinski definition) is 2. The van der Waals surface area contributed by atoms with Crippen molar-refractivity contribution in [2.75, 3.05) is 25.9 Å². The molecule has 2 rings (SSSR count). The minimum absolute atomic E-state index is 0.209. The number of β-amino-alcohol motifs (C(OH)–C–C–N with tert-alkyl or cyclic N) is 1. The number of aromatic nitrogens is 1. The number of sulfonamides is 1. The first-order valence-corrected chi connectivity index (χ1v) is 10.4. The molecule has 2 N–H and O–H groups in total. The number of aliphatic hydroxyl groups is 1. The van der Waals surface area contributed by atoms with Crippen molar-refractivity contribution in [3.63, 3.8) is 0 Å². The molecule has 25 heavy (non-hydrogen) atoms. The molecule has 0 aliphatic carbocycles. The van der Waals surface area contributed by atoms with E-state index in [1.54, 1.807) is 0 Å². The molecular weight excluding hydrogens is 345 g/mol. The molecule has 1 aromatic rings. The van der Waals surface area contributed by atoms with Gasteiger partial charge in [-0.15, -0.1) is 0 Å². The second-order valence-corrected chi connectivity index (χ2v) is 9.51. The third kappa shape index (κ3) is 6.29. The summed E-state index contributed by atoms with van der Waals surface area (Å²) in [6.07, 6.45) is 5.57. The van der Waals surface area contributed by atoms with Crippen molar-refractivity contribution in [1.29, 1.82) is 0 Å². The monoisotopic (exact) mass is 373 g/mol. The fourth-order valence-corrected chi connectivity index (χ4v) is 4.21. The van der Waals surface area contributed by atoms with Crippen molar-refractivity contribution >= 4 is 10.0 Å². The van der Waals surface area contributed by atoms with Crippen LogP contribution in [0, 0.1) is 11.7 Å². The highest BCUT2D eigenvalue weighted by molar-refractivity contribution is 7.88. The van der Waals surface area contributed by atoms with Gasteiger partial charge >= 0.3 is 0 Å². The predicted molar refractivity (Wildman–Crippen MR) is 95.0 cm³/mol. The van der Waals surface area contributed by atoms with Gasteiger partial charge in [0.05, 0.1) is 18.6 Å². The Labute approximate surface area is 149 Å². The summed E-state index contributed by atoms with van der Waals surface area (Å²) in [4.78, 5) is 3.75. The number of rotatable bonds is 7. The molecule has 0 bridgehead atoms. The first-order chi connectivity index (χ1) is 11.6. The van der Waals surface area contributed by atoms with Gasteiger partial charge in [-0.3, -0.25) is 4.98 Å². The van der Waals surface area contributed by atoms with Crippen LogP contribution >= 0.6 is 0 Å². The summed E-state index contributed by atoms with van der Waals surface area (Å²) >= 11 is 0. The molecule has 1 fully saturated rings. The summed E-state index contributed by atoms with van der Waals surface area (Å²) in [5, 5.41) is 13.5. The summed E-state index contributed by atoms with van der Waals surface area (Å²) in [7, 11) is -3.10. The maximum atomic E-state index is 13.2. The van der Waals surface area contributed by atoms with Gasteiger partial charge in [-0.25, -0.2) is 17.1 Å². The first-order valence-electron chi connectivity index (χ1n) is 8.55. The van der Waals surface area contributed by atoms with Gasteiger partial charge in [-0.05, 0) is 45.1 Å². The van der Waals surface area contributed by atoms with Gasteiger partial charge in [0, 0.05) is 36.9 Å². The molecule has 1 aliphatic heterocycles. The van der Waals surface area contributed by atoms with Crippen LogP contribution in [-0.4, -0.2) is 54.2 Å². The van der Waals surface area contributed by atoms with E-state index in [0.29, 0.717) is 31.1 Å². The molecule has 0 amide bonds. The van der Waals surface area contributed by atoms with Crippen LogP contribution in [0.4, 0.5) is 4.39 Å². The Morgan fingerprint density at radius 3 is 2.60 bits per heavy atom. The van der Waals surface area contributed by atoms with Crippen LogP contribution in [0.5, 0.6) is 0 Å². The minimum Gasteiger partial charge on any atom is -0.387 e. The lowest BCUT2D eigenvalue weighted by atomic mass is 9.85. The number of hydrogen-bond acceptors (Lipinski definition) is 5. The van der Waals surface area contributed by atoms with Gasteiger partial charge in [-0.2, -0.15) is 0 Å². The van der Waals surface area contributed by atoms with Crippen LogP contribution in [0.2, 0.25) is 0 Å². The third-order valence-corrected chi connectivity index (χ3v) is 6.03. The van der Waals surface area contributed by atoms with E-state index in [9.17, 15) is 17.9 Å². The summed E-state index contributed by atoms with van der Waals surface area (Å²) in [5.41, 5.74) is 0.240. The van der Waals surface area contributed by atoms with Crippen LogP contribution in [0.3, 0.4) is 0 Å². The van der Waals surface area contributed by atoms with E-state index in [-0.39, 0.29) is 5.54 Å². The van der Waals surface area contributed by atoms with E-state index in [4.69, 9.17) is 0 Å². The SMILES string of the molecule is CC(C)(CC1CCN(S(C)(=O)=O)CC1)NC[C@H](O)c1cncc(F)c1. The Morgan fingerprint density at radius 1 is 1.40 bits per heavy atom. The maximum absolute atomic E-state index is 13.2. The summed E-state index contributed by atoms with van der Waals surface area (Å²) in [6, 6.07) is 1.28. The lowest BCUT2D eigenvalue weighted by molar-refractivity contribution is 0.148. The van der Waals surface area contributed by atoms with Gasteiger partial charge in [0.15, 0.2) is 0 Å². The molecule has 0 spiro atoms. The molecule has 8 heteroatoms. The highest BCUT2D eigenvalue weighted by Gasteiger charge is 2.29. The molecule has 0 aromatic carbocycles. The van der Waals surface area contributed by atoms with E-state index in [2.05, 4.69) is 24.1 Å². The average molecular weight is 373 g/mol. The highest BCUT2D eigenvalue weighted by atomic mass is 32.2. The van der Waals surface area contributed by atoms with Crippen molar-refractivity contribution in [3.8, 4) is 0 Å². The quantitative estimate of drug-likeness (QED) is 0.760. The maximum Gasteiger partial charge on any atom is 0.211 e. The number of piperidine rings is 1. The van der Waals surface area contributed by atoms with Crippen LogP contribution in [-0.2, 0) is 10.0 Å². The topological polar surface area (TPSA) is 82.5 Å². The molecule has 0 radical (unpaired) electrons. The highest BCUT2D eigenvalue weighted by Crippen LogP contribution is 2.27. The van der Waals surface area contributed by atoms with Crippen molar-refractivity contribution in [2.24, 2.45) is 5.92 Å². The van der Waals surface area contributed by atoms with E-state index >= 15 is 0 Å². The summed E-state index contributed by atoms with van der Waals surface area (Å²) in [6.45, 7) is 5.56. The van der Waals surface area contributed by atoms with Crippen molar-refractivity contribution in [1.82, 2.24) is 14.6 Å². The molecule has 1 atom stereocenters. The van der Waals surface area contributed by atoms with E-state index < -0.39 is 21.9 Å².